The minimum atomic E-state index is -3.85. The van der Waals surface area contributed by atoms with Crippen molar-refractivity contribution in [2.75, 3.05) is 29.9 Å². The zero-order valence-corrected chi connectivity index (χ0v) is 22.5. The molecule has 1 aliphatic rings. The number of anilines is 1. The summed E-state index contributed by atoms with van der Waals surface area (Å²) in [6, 6.07) is 14.2. The molecular formula is C25H27N5O3S3. The number of sulfonamides is 1. The highest BCUT2D eigenvalue weighted by Gasteiger charge is 2.25. The van der Waals surface area contributed by atoms with E-state index in [4.69, 9.17) is 0 Å². The molecule has 3 heterocycles. The summed E-state index contributed by atoms with van der Waals surface area (Å²) in [5.74, 6) is 0.124. The number of amides is 1. The van der Waals surface area contributed by atoms with Gasteiger partial charge < -0.3 is 9.88 Å². The topological polar surface area (TPSA) is 89.6 Å². The second kappa shape index (κ2) is 9.89. The van der Waals surface area contributed by atoms with E-state index in [1.165, 1.54) is 0 Å². The highest BCUT2D eigenvalue weighted by Crippen LogP contribution is 2.35. The van der Waals surface area contributed by atoms with E-state index in [1.54, 1.807) is 42.5 Å². The predicted molar refractivity (Wildman–Crippen MR) is 147 cm³/mol. The number of fused-ring (bicyclic) bond motifs is 1. The molecule has 11 heteroatoms. The number of carbonyl (C=O) groups excluding carboxylic acids is 1. The lowest BCUT2D eigenvalue weighted by molar-refractivity contribution is -0.130. The molecule has 188 valence electrons. The number of nitrogens with zero attached hydrogens (tertiary/aromatic N) is 4. The number of nitrogens with one attached hydrogen (secondary N) is 1. The SMILES string of the molecule is CC(=O)N1CCN(Cc2cnc(-c3cc4cccc(N(S)S(=O)(=O)c5cccc(C)c5)c4[nH]3)s2)CC1. The van der Waals surface area contributed by atoms with Crippen LogP contribution in [0.1, 0.15) is 17.4 Å². The zero-order chi connectivity index (χ0) is 25.4. The van der Waals surface area contributed by atoms with Crippen LogP contribution in [0, 0.1) is 6.92 Å². The van der Waals surface area contributed by atoms with E-state index < -0.39 is 10.0 Å². The molecule has 0 unspecified atom stereocenters. The Bertz CT molecular complexity index is 1520. The summed E-state index contributed by atoms with van der Waals surface area (Å²) in [7, 11) is -3.85. The number of hydrogen-bond acceptors (Lipinski definition) is 7. The third kappa shape index (κ3) is 4.88. The monoisotopic (exact) mass is 541 g/mol. The molecule has 1 aliphatic heterocycles. The van der Waals surface area contributed by atoms with Gasteiger partial charge in [0.15, 0.2) is 0 Å². The van der Waals surface area contributed by atoms with E-state index in [0.29, 0.717) is 11.2 Å². The molecule has 2 aromatic heterocycles. The Morgan fingerprint density at radius 3 is 2.61 bits per heavy atom. The first-order valence-corrected chi connectivity index (χ1v) is 14.2. The second-order valence-electron chi connectivity index (χ2n) is 8.90. The number of aromatic nitrogens is 2. The Hall–Kier alpha value is -2.86. The normalized spacial score (nSPS) is 14.9. The quantitative estimate of drug-likeness (QED) is 0.355. The maximum absolute atomic E-state index is 13.3. The van der Waals surface area contributed by atoms with Crippen LogP contribution in [-0.2, 0) is 21.4 Å². The van der Waals surface area contributed by atoms with Crippen molar-refractivity contribution >= 4 is 56.7 Å². The smallest absolute Gasteiger partial charge is 0.273 e. The van der Waals surface area contributed by atoms with Crippen molar-refractivity contribution in [2.45, 2.75) is 25.3 Å². The molecule has 1 N–H and O–H groups in total. The van der Waals surface area contributed by atoms with Gasteiger partial charge in [0.1, 0.15) is 5.01 Å². The third-order valence-electron chi connectivity index (χ3n) is 6.34. The van der Waals surface area contributed by atoms with E-state index >= 15 is 0 Å². The van der Waals surface area contributed by atoms with Crippen LogP contribution < -0.4 is 3.71 Å². The van der Waals surface area contributed by atoms with Gasteiger partial charge in [-0.25, -0.2) is 17.1 Å². The number of aromatic amines is 1. The number of hydrogen-bond donors (Lipinski definition) is 2. The van der Waals surface area contributed by atoms with Crippen molar-refractivity contribution in [3.63, 3.8) is 0 Å². The Morgan fingerprint density at radius 1 is 1.14 bits per heavy atom. The number of thiol groups is 1. The zero-order valence-electron chi connectivity index (χ0n) is 20.0. The lowest BCUT2D eigenvalue weighted by Crippen LogP contribution is -2.47. The molecule has 2 aromatic carbocycles. The van der Waals surface area contributed by atoms with Gasteiger partial charge in [0, 0.05) is 56.1 Å². The Morgan fingerprint density at radius 2 is 1.89 bits per heavy atom. The van der Waals surface area contributed by atoms with Gasteiger partial charge in [-0.05, 0) is 49.6 Å². The molecule has 1 fully saturated rings. The van der Waals surface area contributed by atoms with Crippen molar-refractivity contribution in [3.05, 3.63) is 65.2 Å². The van der Waals surface area contributed by atoms with Gasteiger partial charge in [-0.3, -0.25) is 9.69 Å². The van der Waals surface area contributed by atoms with Crippen molar-refractivity contribution in [3.8, 4) is 10.7 Å². The van der Waals surface area contributed by atoms with Gasteiger partial charge in [0.25, 0.3) is 10.0 Å². The lowest BCUT2D eigenvalue weighted by atomic mass is 10.2. The molecule has 8 nitrogen and oxygen atoms in total. The van der Waals surface area contributed by atoms with Gasteiger partial charge in [-0.15, -0.1) is 11.3 Å². The molecule has 1 saturated heterocycles. The number of thiazole rings is 1. The van der Waals surface area contributed by atoms with E-state index in [1.807, 2.05) is 42.3 Å². The van der Waals surface area contributed by atoms with Crippen LogP contribution in [0.2, 0.25) is 0 Å². The maximum Gasteiger partial charge on any atom is 0.273 e. The molecule has 0 spiro atoms. The van der Waals surface area contributed by atoms with E-state index in [9.17, 15) is 13.2 Å². The summed E-state index contributed by atoms with van der Waals surface area (Å²) < 4.78 is 27.5. The Kier molecular flexibility index (Phi) is 6.82. The van der Waals surface area contributed by atoms with Crippen LogP contribution in [0.4, 0.5) is 5.69 Å². The number of carbonyl (C=O) groups is 1. The van der Waals surface area contributed by atoms with E-state index in [0.717, 1.165) is 63.0 Å². The number of benzene rings is 2. The molecule has 36 heavy (non-hydrogen) atoms. The lowest BCUT2D eigenvalue weighted by Gasteiger charge is -2.33. The molecule has 4 aromatic rings. The van der Waals surface area contributed by atoms with E-state index in [2.05, 4.69) is 27.7 Å². The highest BCUT2D eigenvalue weighted by atomic mass is 32.3. The van der Waals surface area contributed by atoms with Crippen molar-refractivity contribution in [2.24, 2.45) is 0 Å². The van der Waals surface area contributed by atoms with E-state index in [-0.39, 0.29) is 10.8 Å². The molecule has 0 radical (unpaired) electrons. The number of H-pyrrole nitrogens is 1. The van der Waals surface area contributed by atoms with Crippen LogP contribution in [0.15, 0.2) is 59.6 Å². The fourth-order valence-electron chi connectivity index (χ4n) is 4.37. The number of aryl methyl sites for hydroxylation is 1. The largest absolute Gasteiger partial charge is 0.351 e. The average molecular weight is 542 g/mol. The first kappa shape index (κ1) is 24.8. The van der Waals surface area contributed by atoms with Crippen LogP contribution in [0.3, 0.4) is 0 Å². The van der Waals surface area contributed by atoms with Crippen LogP contribution >= 0.6 is 24.2 Å². The molecule has 0 aliphatic carbocycles. The van der Waals surface area contributed by atoms with Gasteiger partial charge >= 0.3 is 0 Å². The first-order chi connectivity index (χ1) is 17.2. The van der Waals surface area contributed by atoms with Crippen LogP contribution in [0.5, 0.6) is 0 Å². The molecular weight excluding hydrogens is 515 g/mol. The predicted octanol–water partition coefficient (Wildman–Crippen LogP) is 4.30. The fraction of sp³-hybridized carbons (Fsp3) is 0.280. The summed E-state index contributed by atoms with van der Waals surface area (Å²) in [6.07, 6.45) is 1.89. The summed E-state index contributed by atoms with van der Waals surface area (Å²) in [4.78, 5) is 25.1. The fourth-order valence-corrected chi connectivity index (χ4v) is 6.94. The highest BCUT2D eigenvalue weighted by molar-refractivity contribution is 8.06. The first-order valence-electron chi connectivity index (χ1n) is 11.6. The standard InChI is InChI=1S/C25H27N5O3S3/c1-17-5-3-7-21(13-17)36(32,33)30(34)23-8-4-6-19-14-22(27-24(19)23)25-26-15-20(35-25)16-28-9-11-29(12-10-28)18(2)31/h3-8,13-15,27,34H,9-12,16H2,1-2H3. The van der Waals surface area contributed by atoms with Crippen LogP contribution in [-0.4, -0.2) is 60.3 Å². The summed E-state index contributed by atoms with van der Waals surface area (Å²) in [5.41, 5.74) is 2.81. The molecule has 0 atom stereocenters. The number of piperazine rings is 1. The van der Waals surface area contributed by atoms with Crippen LogP contribution in [0.25, 0.3) is 21.6 Å². The summed E-state index contributed by atoms with van der Waals surface area (Å²) >= 11 is 6.00. The summed E-state index contributed by atoms with van der Waals surface area (Å²) in [6.45, 7) is 7.44. The number of rotatable bonds is 6. The van der Waals surface area contributed by atoms with Crippen molar-refractivity contribution in [1.82, 2.24) is 19.8 Å². The molecule has 0 saturated carbocycles. The van der Waals surface area contributed by atoms with Gasteiger partial charge in [-0.1, -0.05) is 24.3 Å². The van der Waals surface area contributed by atoms with Crippen molar-refractivity contribution in [1.29, 1.82) is 0 Å². The van der Waals surface area contributed by atoms with Gasteiger partial charge in [-0.2, -0.15) is 0 Å². The molecule has 5 rings (SSSR count). The Labute approximate surface area is 220 Å². The van der Waals surface area contributed by atoms with Gasteiger partial charge in [0.05, 0.1) is 21.8 Å². The third-order valence-corrected chi connectivity index (χ3v) is 9.71. The minimum absolute atomic E-state index is 0.124. The van der Waals surface area contributed by atoms with Gasteiger partial charge in [0.2, 0.25) is 5.91 Å². The molecule has 1 amide bonds. The average Bonchev–Trinajstić information content (AvgIpc) is 3.51. The molecule has 0 bridgehead atoms. The maximum atomic E-state index is 13.3. The number of para-hydroxylation sites is 1. The Balaban J connectivity index is 1.38. The second-order valence-corrected chi connectivity index (χ2v) is 12.5. The van der Waals surface area contributed by atoms with Crippen molar-refractivity contribution < 1.29 is 13.2 Å². The minimum Gasteiger partial charge on any atom is -0.351 e. The summed E-state index contributed by atoms with van der Waals surface area (Å²) in [5, 5.41) is 1.71.